The van der Waals surface area contributed by atoms with Crippen molar-refractivity contribution in [2.75, 3.05) is 5.32 Å². The Morgan fingerprint density at radius 3 is 2.61 bits per heavy atom. The molecule has 0 unspecified atom stereocenters. The second-order valence-electron chi connectivity index (χ2n) is 5.86. The number of nitro benzene ring substituents is 1. The van der Waals surface area contributed by atoms with Crippen molar-refractivity contribution in [2.24, 2.45) is 0 Å². The van der Waals surface area contributed by atoms with Gasteiger partial charge in [-0.25, -0.2) is 0 Å². The highest BCUT2D eigenvalue weighted by molar-refractivity contribution is 6.09. The van der Waals surface area contributed by atoms with Crippen LogP contribution in [-0.4, -0.2) is 25.6 Å². The molecule has 0 fully saturated rings. The number of pyridine rings is 1. The summed E-state index contributed by atoms with van der Waals surface area (Å²) in [5, 5.41) is 33.7. The molecule has 0 aliphatic carbocycles. The molecular weight excluding hydrogens is 366 g/mol. The zero-order valence-corrected chi connectivity index (χ0v) is 14.5. The fraction of sp³-hybridized carbons (Fsp3) is 0.0526. The Balaban J connectivity index is 2.11. The van der Waals surface area contributed by atoms with Gasteiger partial charge in [-0.3, -0.25) is 19.7 Å². The second-order valence-corrected chi connectivity index (χ2v) is 5.86. The number of phenols is 1. The van der Waals surface area contributed by atoms with Crippen LogP contribution in [0.2, 0.25) is 0 Å². The van der Waals surface area contributed by atoms with Crippen LogP contribution in [0.4, 0.5) is 11.4 Å². The van der Waals surface area contributed by atoms with E-state index in [1.807, 2.05) is 0 Å². The largest absolute Gasteiger partial charge is 0.506 e. The summed E-state index contributed by atoms with van der Waals surface area (Å²) in [5.41, 5.74) is -1.33. The van der Waals surface area contributed by atoms with Gasteiger partial charge in [0.25, 0.3) is 17.2 Å². The summed E-state index contributed by atoms with van der Waals surface area (Å²) in [6, 6.07) is 9.61. The van der Waals surface area contributed by atoms with Crippen molar-refractivity contribution >= 4 is 28.2 Å². The number of fused-ring (bicyclic) bond motifs is 1. The van der Waals surface area contributed by atoms with Crippen molar-refractivity contribution in [1.29, 1.82) is 0 Å². The molecule has 9 heteroatoms. The topological polar surface area (TPSA) is 135 Å². The quantitative estimate of drug-likeness (QED) is 0.269. The van der Waals surface area contributed by atoms with E-state index in [4.69, 9.17) is 0 Å². The molecule has 0 spiro atoms. The van der Waals surface area contributed by atoms with Crippen LogP contribution < -0.4 is 10.9 Å². The number of benzene rings is 2. The molecule has 1 aromatic heterocycles. The Morgan fingerprint density at radius 1 is 1.25 bits per heavy atom. The fourth-order valence-electron chi connectivity index (χ4n) is 2.83. The van der Waals surface area contributed by atoms with Gasteiger partial charge < -0.3 is 20.1 Å². The van der Waals surface area contributed by atoms with Gasteiger partial charge in [-0.05, 0) is 18.2 Å². The number of carbonyl (C=O) groups excluding carboxylic acids is 1. The number of hydrogen-bond acceptors (Lipinski definition) is 6. The number of hydrogen-bond donors (Lipinski definition) is 3. The van der Waals surface area contributed by atoms with E-state index >= 15 is 0 Å². The first-order valence-corrected chi connectivity index (χ1v) is 8.09. The van der Waals surface area contributed by atoms with E-state index in [0.29, 0.717) is 10.9 Å². The number of amides is 1. The Bertz CT molecular complexity index is 1180. The molecule has 3 aromatic rings. The molecule has 9 nitrogen and oxygen atoms in total. The monoisotopic (exact) mass is 381 g/mol. The highest BCUT2D eigenvalue weighted by Gasteiger charge is 2.23. The third-order valence-corrected chi connectivity index (χ3v) is 4.12. The lowest BCUT2D eigenvalue weighted by Crippen LogP contribution is -2.29. The van der Waals surface area contributed by atoms with Gasteiger partial charge in [0.2, 0.25) is 0 Å². The van der Waals surface area contributed by atoms with Gasteiger partial charge in [0, 0.05) is 18.0 Å². The standard InChI is InChI=1S/C19H15N3O6/c1-2-9-21-14-6-4-3-5-12(14)17(24)16(19(21)26)18(25)20-13-8-7-11(22(27)28)10-15(13)23/h2-8,10,23-24H,1,9H2,(H,20,25). The number of aromatic nitrogens is 1. The lowest BCUT2D eigenvalue weighted by Gasteiger charge is -2.14. The third kappa shape index (κ3) is 3.16. The zero-order chi connectivity index (χ0) is 20.4. The summed E-state index contributed by atoms with van der Waals surface area (Å²) in [6.45, 7) is 3.71. The first-order chi connectivity index (χ1) is 13.3. The number of carbonyl (C=O) groups is 1. The average Bonchev–Trinajstić information content (AvgIpc) is 2.66. The maximum Gasteiger partial charge on any atom is 0.273 e. The lowest BCUT2D eigenvalue weighted by molar-refractivity contribution is -0.384. The van der Waals surface area contributed by atoms with Gasteiger partial charge in [0.1, 0.15) is 17.1 Å². The summed E-state index contributed by atoms with van der Waals surface area (Å²) in [6.07, 6.45) is 1.48. The molecule has 0 aliphatic heterocycles. The van der Waals surface area contributed by atoms with E-state index in [0.717, 1.165) is 18.2 Å². The van der Waals surface area contributed by atoms with E-state index in [9.17, 15) is 29.9 Å². The Hall–Kier alpha value is -4.14. The molecule has 0 atom stereocenters. The number of nitrogens with one attached hydrogen (secondary N) is 1. The summed E-state index contributed by atoms with van der Waals surface area (Å²) >= 11 is 0. The maximum absolute atomic E-state index is 12.8. The normalized spacial score (nSPS) is 10.6. The Labute approximate surface area is 157 Å². The number of non-ortho nitro benzene ring substituents is 1. The van der Waals surface area contributed by atoms with E-state index in [2.05, 4.69) is 11.9 Å². The predicted molar refractivity (Wildman–Crippen MR) is 103 cm³/mol. The highest BCUT2D eigenvalue weighted by atomic mass is 16.6. The van der Waals surface area contributed by atoms with Crippen molar-refractivity contribution < 1.29 is 19.9 Å². The average molecular weight is 381 g/mol. The van der Waals surface area contributed by atoms with Crippen molar-refractivity contribution in [3.05, 3.63) is 81.2 Å². The van der Waals surface area contributed by atoms with Crippen LogP contribution in [0.3, 0.4) is 0 Å². The molecule has 3 rings (SSSR count). The minimum Gasteiger partial charge on any atom is -0.506 e. The fourth-order valence-corrected chi connectivity index (χ4v) is 2.83. The minimum absolute atomic E-state index is 0.114. The van der Waals surface area contributed by atoms with E-state index in [1.54, 1.807) is 24.3 Å². The minimum atomic E-state index is -0.963. The summed E-state index contributed by atoms with van der Waals surface area (Å²) < 4.78 is 1.28. The van der Waals surface area contributed by atoms with Gasteiger partial charge in [0.05, 0.1) is 22.2 Å². The van der Waals surface area contributed by atoms with E-state index in [-0.39, 0.29) is 17.9 Å². The SMILES string of the molecule is C=CCn1c(=O)c(C(=O)Nc2ccc([N+](=O)[O-])cc2O)c(O)c2ccccc21. The summed E-state index contributed by atoms with van der Waals surface area (Å²) in [5.74, 6) is -2.01. The van der Waals surface area contributed by atoms with E-state index in [1.165, 1.54) is 10.6 Å². The van der Waals surface area contributed by atoms with Crippen LogP contribution in [0.5, 0.6) is 11.5 Å². The first kappa shape index (κ1) is 18.6. The number of aromatic hydroxyl groups is 2. The first-order valence-electron chi connectivity index (χ1n) is 8.09. The molecule has 0 radical (unpaired) electrons. The summed E-state index contributed by atoms with van der Waals surface area (Å²) in [7, 11) is 0. The van der Waals surface area contributed by atoms with Crippen molar-refractivity contribution in [3.8, 4) is 11.5 Å². The zero-order valence-electron chi connectivity index (χ0n) is 14.5. The summed E-state index contributed by atoms with van der Waals surface area (Å²) in [4.78, 5) is 35.5. The predicted octanol–water partition coefficient (Wildman–Crippen LogP) is 2.76. The van der Waals surface area contributed by atoms with Crippen LogP contribution in [0.1, 0.15) is 10.4 Å². The molecule has 0 saturated heterocycles. The van der Waals surface area contributed by atoms with Crippen LogP contribution >= 0.6 is 0 Å². The number of nitro groups is 1. The number of anilines is 1. The molecular formula is C19H15N3O6. The Morgan fingerprint density at radius 2 is 1.96 bits per heavy atom. The van der Waals surface area contributed by atoms with Crippen molar-refractivity contribution in [1.82, 2.24) is 4.57 Å². The molecule has 1 amide bonds. The smallest absolute Gasteiger partial charge is 0.273 e. The molecule has 28 heavy (non-hydrogen) atoms. The van der Waals surface area contributed by atoms with Crippen molar-refractivity contribution in [2.45, 2.75) is 6.54 Å². The molecule has 0 aliphatic rings. The highest BCUT2D eigenvalue weighted by Crippen LogP contribution is 2.30. The van der Waals surface area contributed by atoms with Gasteiger partial charge in [-0.2, -0.15) is 0 Å². The van der Waals surface area contributed by atoms with Crippen LogP contribution in [-0.2, 0) is 6.54 Å². The molecule has 3 N–H and O–H groups in total. The number of nitrogens with zero attached hydrogens (tertiary/aromatic N) is 2. The van der Waals surface area contributed by atoms with Gasteiger partial charge in [-0.15, -0.1) is 6.58 Å². The lowest BCUT2D eigenvalue weighted by atomic mass is 10.1. The van der Waals surface area contributed by atoms with Crippen molar-refractivity contribution in [3.63, 3.8) is 0 Å². The van der Waals surface area contributed by atoms with Gasteiger partial charge >= 0.3 is 0 Å². The Kier molecular flexibility index (Phi) is 4.82. The number of phenolic OH excluding ortho intramolecular Hbond substituents is 1. The van der Waals surface area contributed by atoms with Crippen LogP contribution in [0, 0.1) is 10.1 Å². The maximum atomic E-state index is 12.8. The number of para-hydroxylation sites is 1. The van der Waals surface area contributed by atoms with E-state index < -0.39 is 33.5 Å². The van der Waals surface area contributed by atoms with Gasteiger partial charge in [0.15, 0.2) is 0 Å². The third-order valence-electron chi connectivity index (χ3n) is 4.12. The molecule has 2 aromatic carbocycles. The molecule has 0 saturated carbocycles. The molecule has 1 heterocycles. The second kappa shape index (κ2) is 7.23. The molecule has 0 bridgehead atoms. The van der Waals surface area contributed by atoms with Crippen LogP contribution in [0.25, 0.3) is 10.9 Å². The van der Waals surface area contributed by atoms with Crippen LogP contribution in [0.15, 0.2) is 59.9 Å². The number of rotatable bonds is 5. The van der Waals surface area contributed by atoms with Gasteiger partial charge in [-0.1, -0.05) is 18.2 Å². The molecule has 142 valence electrons. The number of allylic oxidation sites excluding steroid dienone is 1.